The van der Waals surface area contributed by atoms with Gasteiger partial charge in [0.2, 0.25) is 5.75 Å². The number of fused-ring (bicyclic) bond motifs is 1. The Morgan fingerprint density at radius 1 is 1.00 bits per heavy atom. The lowest BCUT2D eigenvalue weighted by Gasteiger charge is -2.44. The molecular formula is C28H35NO7. The van der Waals surface area contributed by atoms with Gasteiger partial charge in [-0.3, -0.25) is 9.59 Å². The number of benzene rings is 2. The highest BCUT2D eigenvalue weighted by Gasteiger charge is 2.45. The Hall–Kier alpha value is -3.42. The summed E-state index contributed by atoms with van der Waals surface area (Å²) in [6.07, 6.45) is 3.35. The number of hydrogen-bond donors (Lipinski definition) is 0. The molecule has 1 fully saturated rings. The third kappa shape index (κ3) is 5.08. The molecule has 1 spiro atoms. The molecule has 1 amide bonds. The summed E-state index contributed by atoms with van der Waals surface area (Å²) in [6.45, 7) is 6.06. The number of hydrogen-bond acceptors (Lipinski definition) is 7. The predicted molar refractivity (Wildman–Crippen MR) is 135 cm³/mol. The van der Waals surface area contributed by atoms with E-state index in [2.05, 4.69) is 6.92 Å². The number of rotatable bonds is 9. The molecule has 1 saturated heterocycles. The number of Topliss-reactive ketones (excluding diaryl/α,β-unsaturated/α-hetero) is 1. The van der Waals surface area contributed by atoms with E-state index in [-0.39, 0.29) is 18.1 Å². The van der Waals surface area contributed by atoms with E-state index < -0.39 is 5.60 Å². The first-order valence-corrected chi connectivity index (χ1v) is 12.6. The number of carbonyl (C=O) groups excluding carboxylic acids is 2. The molecule has 0 unspecified atom stereocenters. The third-order valence-corrected chi connectivity index (χ3v) is 6.81. The summed E-state index contributed by atoms with van der Waals surface area (Å²) in [4.78, 5) is 28.1. The van der Waals surface area contributed by atoms with Gasteiger partial charge >= 0.3 is 0 Å². The normalized spacial score (nSPS) is 16.2. The molecular weight excluding hydrogens is 462 g/mol. The molecule has 8 nitrogen and oxygen atoms in total. The van der Waals surface area contributed by atoms with E-state index in [1.165, 1.54) is 7.11 Å². The summed E-state index contributed by atoms with van der Waals surface area (Å²) in [5, 5.41) is 0. The number of methoxy groups -OCH3 is 2. The Morgan fingerprint density at radius 2 is 1.75 bits per heavy atom. The van der Waals surface area contributed by atoms with Gasteiger partial charge in [-0.2, -0.15) is 0 Å². The molecule has 2 aromatic rings. The Balaban J connectivity index is 1.48. The number of nitrogens with zero attached hydrogens (tertiary/aromatic N) is 1. The average Bonchev–Trinajstić information content (AvgIpc) is 2.89. The SMILES string of the molecule is CCCCOc1ccc(C(=O)N2CCC3(CC2)CC(=O)c2ccc(OC)c(OC)c2O3)cc1OCC. The van der Waals surface area contributed by atoms with E-state index in [4.69, 9.17) is 23.7 Å². The minimum atomic E-state index is -0.673. The lowest BCUT2D eigenvalue weighted by Crippen LogP contribution is -2.52. The number of likely N-dealkylation sites (tertiary alicyclic amines) is 1. The molecule has 0 atom stereocenters. The van der Waals surface area contributed by atoms with Crippen molar-refractivity contribution in [3.63, 3.8) is 0 Å². The van der Waals surface area contributed by atoms with Gasteiger partial charge in [-0.25, -0.2) is 0 Å². The fourth-order valence-electron chi connectivity index (χ4n) is 4.79. The fraction of sp³-hybridized carbons (Fsp3) is 0.500. The topological polar surface area (TPSA) is 83.5 Å². The van der Waals surface area contributed by atoms with Crippen LogP contribution in [-0.2, 0) is 0 Å². The first-order chi connectivity index (χ1) is 17.4. The van der Waals surface area contributed by atoms with Crippen LogP contribution in [0.4, 0.5) is 0 Å². The Morgan fingerprint density at radius 3 is 2.42 bits per heavy atom. The summed E-state index contributed by atoms with van der Waals surface area (Å²) in [7, 11) is 3.08. The molecule has 0 bridgehead atoms. The van der Waals surface area contributed by atoms with Gasteiger partial charge in [-0.05, 0) is 43.7 Å². The van der Waals surface area contributed by atoms with E-state index >= 15 is 0 Å². The summed E-state index contributed by atoms with van der Waals surface area (Å²) >= 11 is 0. The van der Waals surface area contributed by atoms with Crippen LogP contribution < -0.4 is 23.7 Å². The number of piperidine rings is 1. The minimum Gasteiger partial charge on any atom is -0.493 e. The summed E-state index contributed by atoms with van der Waals surface area (Å²) in [6, 6.07) is 8.78. The van der Waals surface area contributed by atoms with E-state index in [9.17, 15) is 9.59 Å². The third-order valence-electron chi connectivity index (χ3n) is 6.81. The first kappa shape index (κ1) is 25.7. The smallest absolute Gasteiger partial charge is 0.253 e. The number of ether oxygens (including phenoxy) is 5. The molecule has 0 saturated carbocycles. The van der Waals surface area contributed by atoms with Gasteiger partial charge in [0, 0.05) is 31.5 Å². The minimum absolute atomic E-state index is 0.0111. The van der Waals surface area contributed by atoms with Gasteiger partial charge in [-0.15, -0.1) is 0 Å². The lowest BCUT2D eigenvalue weighted by molar-refractivity contribution is -0.00747. The van der Waals surface area contributed by atoms with Crippen LogP contribution in [-0.4, -0.2) is 62.7 Å². The van der Waals surface area contributed by atoms with Crippen molar-refractivity contribution in [3.8, 4) is 28.7 Å². The number of amides is 1. The first-order valence-electron chi connectivity index (χ1n) is 12.6. The van der Waals surface area contributed by atoms with Crippen molar-refractivity contribution in [1.29, 1.82) is 0 Å². The summed E-state index contributed by atoms with van der Waals surface area (Å²) in [5.74, 6) is 2.52. The average molecular weight is 498 g/mol. The molecule has 2 aliphatic heterocycles. The maximum Gasteiger partial charge on any atom is 0.253 e. The van der Waals surface area contributed by atoms with Gasteiger partial charge in [0.1, 0.15) is 5.60 Å². The highest BCUT2D eigenvalue weighted by Crippen LogP contribution is 2.48. The molecule has 2 heterocycles. The lowest BCUT2D eigenvalue weighted by atomic mass is 9.82. The summed E-state index contributed by atoms with van der Waals surface area (Å²) in [5.41, 5.74) is 0.379. The van der Waals surface area contributed by atoms with Crippen LogP contribution in [0.2, 0.25) is 0 Å². The van der Waals surface area contributed by atoms with E-state index in [0.29, 0.717) is 79.0 Å². The van der Waals surface area contributed by atoms with Crippen LogP contribution in [0, 0.1) is 0 Å². The molecule has 4 rings (SSSR count). The quantitative estimate of drug-likeness (QED) is 0.455. The monoisotopic (exact) mass is 497 g/mol. The van der Waals surface area contributed by atoms with E-state index in [1.807, 2.05) is 6.92 Å². The number of unbranched alkanes of at least 4 members (excludes halogenated alkanes) is 1. The van der Waals surface area contributed by atoms with Crippen molar-refractivity contribution in [2.75, 3.05) is 40.5 Å². The molecule has 0 aromatic heterocycles. The molecule has 8 heteroatoms. The molecule has 0 N–H and O–H groups in total. The molecule has 36 heavy (non-hydrogen) atoms. The maximum absolute atomic E-state index is 13.3. The van der Waals surface area contributed by atoms with E-state index in [0.717, 1.165) is 12.8 Å². The molecule has 0 radical (unpaired) electrons. The second-order valence-corrected chi connectivity index (χ2v) is 9.15. The van der Waals surface area contributed by atoms with Gasteiger partial charge in [0.25, 0.3) is 5.91 Å². The zero-order valence-electron chi connectivity index (χ0n) is 21.6. The molecule has 194 valence electrons. The number of ketones is 1. The highest BCUT2D eigenvalue weighted by molar-refractivity contribution is 6.01. The summed E-state index contributed by atoms with van der Waals surface area (Å²) < 4.78 is 28.9. The van der Waals surface area contributed by atoms with Crippen molar-refractivity contribution >= 4 is 11.7 Å². The standard InChI is InChI=1S/C28H35NO7/c1-5-7-16-35-22-10-8-19(17-24(22)34-6-2)27(31)29-14-12-28(13-15-29)18-21(30)20-9-11-23(32-3)26(33-4)25(20)36-28/h8-11,17H,5-7,12-16,18H2,1-4H3. The molecule has 2 aromatic carbocycles. The van der Waals surface area contributed by atoms with Crippen LogP contribution in [0.5, 0.6) is 28.7 Å². The Bertz CT molecular complexity index is 1110. The van der Waals surface area contributed by atoms with Gasteiger partial charge < -0.3 is 28.6 Å². The Labute approximate surface area is 212 Å². The van der Waals surface area contributed by atoms with Gasteiger partial charge in [-0.1, -0.05) is 13.3 Å². The van der Waals surface area contributed by atoms with Crippen LogP contribution in [0.3, 0.4) is 0 Å². The highest BCUT2D eigenvalue weighted by atomic mass is 16.5. The second-order valence-electron chi connectivity index (χ2n) is 9.15. The van der Waals surface area contributed by atoms with Crippen molar-refractivity contribution < 1.29 is 33.3 Å². The van der Waals surface area contributed by atoms with Gasteiger partial charge in [0.15, 0.2) is 28.8 Å². The van der Waals surface area contributed by atoms with Crippen LogP contribution in [0.15, 0.2) is 30.3 Å². The second kappa shape index (κ2) is 11.1. The van der Waals surface area contributed by atoms with Crippen molar-refractivity contribution in [1.82, 2.24) is 4.90 Å². The molecule has 2 aliphatic rings. The van der Waals surface area contributed by atoms with Crippen molar-refractivity contribution in [2.24, 2.45) is 0 Å². The maximum atomic E-state index is 13.3. The fourth-order valence-corrected chi connectivity index (χ4v) is 4.79. The Kier molecular flexibility index (Phi) is 7.91. The van der Waals surface area contributed by atoms with Crippen molar-refractivity contribution in [2.45, 2.75) is 51.6 Å². The van der Waals surface area contributed by atoms with Crippen LogP contribution in [0.1, 0.15) is 66.7 Å². The van der Waals surface area contributed by atoms with Crippen molar-refractivity contribution in [3.05, 3.63) is 41.5 Å². The molecule has 0 aliphatic carbocycles. The number of carbonyl (C=O) groups is 2. The van der Waals surface area contributed by atoms with Crippen LogP contribution in [0.25, 0.3) is 0 Å². The van der Waals surface area contributed by atoms with Gasteiger partial charge in [0.05, 0.1) is 39.4 Å². The van der Waals surface area contributed by atoms with Crippen LogP contribution >= 0.6 is 0 Å². The largest absolute Gasteiger partial charge is 0.493 e. The predicted octanol–water partition coefficient (Wildman–Crippen LogP) is 4.92. The zero-order valence-corrected chi connectivity index (χ0v) is 21.6. The zero-order chi connectivity index (χ0) is 25.7. The van der Waals surface area contributed by atoms with E-state index in [1.54, 1.807) is 42.3 Å².